The molecule has 3 aliphatic carbocycles. The molecule has 0 heterocycles. The highest BCUT2D eigenvalue weighted by atomic mass is 16.5. The molecule has 0 spiro atoms. The van der Waals surface area contributed by atoms with Crippen molar-refractivity contribution in [2.75, 3.05) is 13.2 Å². The number of rotatable bonds is 8. The molecule has 32 heavy (non-hydrogen) atoms. The zero-order chi connectivity index (χ0) is 23.6. The van der Waals surface area contributed by atoms with Crippen molar-refractivity contribution < 1.29 is 20.1 Å². The van der Waals surface area contributed by atoms with Gasteiger partial charge in [-0.05, 0) is 101 Å². The van der Waals surface area contributed by atoms with Gasteiger partial charge in [-0.2, -0.15) is 0 Å². The molecule has 3 N–H and O–H groups in total. The van der Waals surface area contributed by atoms with Crippen LogP contribution in [0.4, 0.5) is 0 Å². The van der Waals surface area contributed by atoms with Crippen LogP contribution in [-0.4, -0.2) is 46.3 Å². The summed E-state index contributed by atoms with van der Waals surface area (Å²) in [6.07, 6.45) is 13.5. The topological polar surface area (TPSA) is 69.9 Å². The van der Waals surface area contributed by atoms with Crippen molar-refractivity contribution in [1.82, 2.24) is 0 Å². The molecule has 3 saturated carbocycles. The summed E-state index contributed by atoms with van der Waals surface area (Å²) in [5.74, 6) is 1.27. The maximum absolute atomic E-state index is 10.0. The van der Waals surface area contributed by atoms with Gasteiger partial charge >= 0.3 is 0 Å². The average Bonchev–Trinajstić information content (AvgIpc) is 3.02. The first-order chi connectivity index (χ1) is 14.9. The number of aliphatic hydroxyl groups excluding tert-OH is 2. The van der Waals surface area contributed by atoms with Crippen LogP contribution in [0.3, 0.4) is 0 Å². The molecular weight excluding hydrogens is 400 g/mol. The highest BCUT2D eigenvalue weighted by Gasteiger charge is 2.53. The molecule has 0 amide bonds. The van der Waals surface area contributed by atoms with Crippen molar-refractivity contribution in [2.45, 2.75) is 117 Å². The van der Waals surface area contributed by atoms with Crippen LogP contribution in [0.1, 0.15) is 98.8 Å². The summed E-state index contributed by atoms with van der Waals surface area (Å²) < 4.78 is 6.12. The zero-order valence-corrected chi connectivity index (χ0v) is 21.2. The molecule has 0 unspecified atom stereocenters. The molecular formula is C28H48O4. The molecule has 0 bridgehead atoms. The van der Waals surface area contributed by atoms with E-state index in [9.17, 15) is 15.3 Å². The van der Waals surface area contributed by atoms with E-state index in [0.717, 1.165) is 26.1 Å². The van der Waals surface area contributed by atoms with E-state index < -0.39 is 17.8 Å². The predicted octanol–water partition coefficient (Wildman–Crippen LogP) is 5.56. The van der Waals surface area contributed by atoms with E-state index in [4.69, 9.17) is 4.74 Å². The molecule has 4 nitrogen and oxygen atoms in total. The summed E-state index contributed by atoms with van der Waals surface area (Å²) in [6.45, 7) is 12.5. The smallest absolute Gasteiger partial charge is 0.0602 e. The van der Waals surface area contributed by atoms with Gasteiger partial charge in [-0.1, -0.05) is 44.1 Å². The fourth-order valence-corrected chi connectivity index (χ4v) is 7.10. The van der Waals surface area contributed by atoms with Crippen LogP contribution in [0.2, 0.25) is 0 Å². The molecule has 184 valence electrons. The van der Waals surface area contributed by atoms with Gasteiger partial charge in [0.1, 0.15) is 0 Å². The van der Waals surface area contributed by atoms with Crippen LogP contribution in [0.25, 0.3) is 0 Å². The normalized spacial score (nSPS) is 35.2. The van der Waals surface area contributed by atoms with Crippen molar-refractivity contribution in [2.24, 2.45) is 22.7 Å². The van der Waals surface area contributed by atoms with E-state index >= 15 is 0 Å². The number of allylic oxidation sites excluding steroid dienone is 3. The Morgan fingerprint density at radius 1 is 1.06 bits per heavy atom. The van der Waals surface area contributed by atoms with Crippen molar-refractivity contribution in [3.63, 3.8) is 0 Å². The second kappa shape index (κ2) is 10.3. The maximum atomic E-state index is 10.0. The van der Waals surface area contributed by atoms with Gasteiger partial charge in [0.05, 0.1) is 24.4 Å². The van der Waals surface area contributed by atoms with Gasteiger partial charge in [-0.3, -0.25) is 0 Å². The van der Waals surface area contributed by atoms with Crippen LogP contribution < -0.4 is 0 Å². The van der Waals surface area contributed by atoms with Gasteiger partial charge in [-0.25, -0.2) is 0 Å². The maximum Gasteiger partial charge on any atom is 0.0602 e. The Morgan fingerprint density at radius 2 is 1.75 bits per heavy atom. The van der Waals surface area contributed by atoms with Crippen LogP contribution in [0, 0.1) is 22.7 Å². The molecule has 3 fully saturated rings. The highest BCUT2D eigenvalue weighted by molar-refractivity contribution is 5.26. The highest BCUT2D eigenvalue weighted by Crippen LogP contribution is 2.62. The lowest BCUT2D eigenvalue weighted by Gasteiger charge is -2.48. The minimum Gasteiger partial charge on any atom is -0.393 e. The van der Waals surface area contributed by atoms with Crippen LogP contribution in [-0.2, 0) is 4.74 Å². The Kier molecular flexibility index (Phi) is 8.34. The SMILES string of the molecule is CC(C)(O)CCCOCC(C)(C)[C@H]1CC[C@H]2C(=CC=C3C[C@@H](O)C[C@H](O)C3)CCC[C@]12C. The minimum absolute atomic E-state index is 0.136. The van der Waals surface area contributed by atoms with Gasteiger partial charge in [0, 0.05) is 6.61 Å². The third-order valence-corrected chi connectivity index (χ3v) is 8.53. The lowest BCUT2D eigenvalue weighted by Crippen LogP contribution is -2.42. The molecule has 0 aromatic heterocycles. The first-order valence-electron chi connectivity index (χ1n) is 13.0. The number of fused-ring (bicyclic) bond motifs is 1. The number of aliphatic hydroxyl groups is 3. The molecule has 0 saturated heterocycles. The number of ether oxygens (including phenoxy) is 1. The van der Waals surface area contributed by atoms with Gasteiger partial charge < -0.3 is 20.1 Å². The standard InChI is InChI=1S/C28H48O4/c1-26(2,19-32-15-7-13-27(3,4)31)25-12-11-24-21(8-6-14-28(24,25)5)10-9-20-16-22(29)18-23(30)17-20/h9-10,22-25,29-31H,6-8,11-19H2,1-5H3/t22-,23-,24+,25-,28+/m1/s1. The average molecular weight is 449 g/mol. The van der Waals surface area contributed by atoms with Gasteiger partial charge in [0.15, 0.2) is 0 Å². The van der Waals surface area contributed by atoms with E-state index in [1.165, 1.54) is 37.7 Å². The van der Waals surface area contributed by atoms with Gasteiger partial charge in [-0.15, -0.1) is 0 Å². The Hall–Kier alpha value is -0.680. The van der Waals surface area contributed by atoms with Crippen LogP contribution >= 0.6 is 0 Å². The van der Waals surface area contributed by atoms with Crippen molar-refractivity contribution in [3.8, 4) is 0 Å². The Labute approximate surface area is 196 Å². The largest absolute Gasteiger partial charge is 0.393 e. The lowest BCUT2D eigenvalue weighted by molar-refractivity contribution is -0.0268. The third-order valence-electron chi connectivity index (χ3n) is 8.53. The number of hydrogen-bond acceptors (Lipinski definition) is 4. The second-order valence-electron chi connectivity index (χ2n) is 12.5. The zero-order valence-electron chi connectivity index (χ0n) is 21.2. The van der Waals surface area contributed by atoms with E-state index in [0.29, 0.717) is 36.5 Å². The Morgan fingerprint density at radius 3 is 2.41 bits per heavy atom. The van der Waals surface area contributed by atoms with Gasteiger partial charge in [0.2, 0.25) is 0 Å². The molecule has 4 heteroatoms. The van der Waals surface area contributed by atoms with Crippen LogP contribution in [0.15, 0.2) is 23.3 Å². The molecule has 3 rings (SSSR count). The van der Waals surface area contributed by atoms with E-state index in [2.05, 4.69) is 32.9 Å². The Balaban J connectivity index is 1.63. The van der Waals surface area contributed by atoms with Crippen LogP contribution in [0.5, 0.6) is 0 Å². The monoisotopic (exact) mass is 448 g/mol. The molecule has 0 radical (unpaired) electrons. The first kappa shape index (κ1) is 25.9. The van der Waals surface area contributed by atoms with E-state index in [1.54, 1.807) is 5.57 Å². The fourth-order valence-electron chi connectivity index (χ4n) is 7.10. The molecule has 0 aromatic rings. The van der Waals surface area contributed by atoms with E-state index in [-0.39, 0.29) is 5.41 Å². The summed E-state index contributed by atoms with van der Waals surface area (Å²) in [5.41, 5.74) is 2.60. The summed E-state index contributed by atoms with van der Waals surface area (Å²) in [6, 6.07) is 0. The minimum atomic E-state index is -0.612. The summed E-state index contributed by atoms with van der Waals surface area (Å²) in [5, 5.41) is 29.9. The first-order valence-corrected chi connectivity index (χ1v) is 13.0. The second-order valence-corrected chi connectivity index (χ2v) is 12.5. The Bertz CT molecular complexity index is 674. The predicted molar refractivity (Wildman–Crippen MR) is 130 cm³/mol. The summed E-state index contributed by atoms with van der Waals surface area (Å²) in [7, 11) is 0. The fraction of sp³-hybridized carbons (Fsp3) is 0.857. The van der Waals surface area contributed by atoms with Crippen molar-refractivity contribution in [1.29, 1.82) is 0 Å². The van der Waals surface area contributed by atoms with Crippen molar-refractivity contribution >= 4 is 0 Å². The van der Waals surface area contributed by atoms with Crippen molar-refractivity contribution in [3.05, 3.63) is 23.3 Å². The lowest BCUT2D eigenvalue weighted by atomic mass is 9.58. The summed E-state index contributed by atoms with van der Waals surface area (Å²) >= 11 is 0. The number of hydrogen-bond donors (Lipinski definition) is 3. The molecule has 5 atom stereocenters. The third kappa shape index (κ3) is 6.46. The summed E-state index contributed by atoms with van der Waals surface area (Å²) in [4.78, 5) is 0. The molecule has 0 aromatic carbocycles. The quantitative estimate of drug-likeness (QED) is 0.426. The molecule has 3 aliphatic rings. The van der Waals surface area contributed by atoms with E-state index in [1.807, 2.05) is 13.8 Å². The molecule has 0 aliphatic heterocycles. The van der Waals surface area contributed by atoms with Gasteiger partial charge in [0.25, 0.3) is 0 Å².